The monoisotopic (exact) mass is 1770 g/mol. The van der Waals surface area contributed by atoms with Crippen LogP contribution in [0.4, 0.5) is 34.1 Å². The Hall–Kier alpha value is -5.59. The third-order valence-corrected chi connectivity index (χ3v) is 39.1. The van der Waals surface area contributed by atoms with Gasteiger partial charge in [0.05, 0.1) is 37.1 Å². The van der Waals surface area contributed by atoms with Crippen LogP contribution >= 0.6 is 0 Å². The second kappa shape index (κ2) is 43.0. The summed E-state index contributed by atoms with van der Waals surface area (Å²) in [5.74, 6) is 17.1. The van der Waals surface area contributed by atoms with Crippen molar-refractivity contribution in [2.75, 3.05) is 47.6 Å². The highest BCUT2D eigenvalue weighted by Gasteiger charge is 2.64. The van der Waals surface area contributed by atoms with Gasteiger partial charge in [0.25, 0.3) is 0 Å². The SMILES string of the molecule is CC(C)CCCC(C)C1CCC2C3CC=C4CC(C(CCC(=O)Oc5cc(N)cc(N)c5)OO)CCC4(C)C3CCC12C.CC(C)CCCC(C)C1CCC2C3CCC4CC(C(CCC(=O)Oc5cc(N)cc(N)c5)OO)CCC4(C)C3CCC12C.CC(C)CCCC(C)C1CCC2C3CCC4CC(OCCCOC(=O)c5cc(N)cc(N)c5)CCC4(C)C3CCC12C. The van der Waals surface area contributed by atoms with E-state index in [1.807, 2.05) is 0 Å². The second-order valence-electron chi connectivity index (χ2n) is 47.8. The smallest absolute Gasteiger partial charge is 0.338 e. The van der Waals surface area contributed by atoms with Crippen molar-refractivity contribution in [3.8, 4) is 11.5 Å². The Kier molecular flexibility index (Phi) is 33.5. The lowest BCUT2D eigenvalue weighted by Gasteiger charge is -2.61. The minimum Gasteiger partial charge on any atom is -0.462 e. The van der Waals surface area contributed by atoms with E-state index in [1.54, 1.807) is 60.2 Å². The number of hydrogen-bond acceptors (Lipinski definition) is 17. The number of allylic oxidation sites excluding steroid dienone is 2. The zero-order valence-electron chi connectivity index (χ0n) is 82.4. The van der Waals surface area contributed by atoms with E-state index in [1.165, 1.54) is 193 Å². The summed E-state index contributed by atoms with van der Waals surface area (Å²) in [7, 11) is 0. The van der Waals surface area contributed by atoms with Gasteiger partial charge >= 0.3 is 17.9 Å². The van der Waals surface area contributed by atoms with Gasteiger partial charge in [0, 0.05) is 77.7 Å². The van der Waals surface area contributed by atoms with Gasteiger partial charge in [-0.1, -0.05) is 173 Å². The lowest BCUT2D eigenvalue weighted by molar-refractivity contribution is -0.297. The maximum absolute atomic E-state index is 12.6. The summed E-state index contributed by atoms with van der Waals surface area (Å²) >= 11 is 0. The van der Waals surface area contributed by atoms with Crippen LogP contribution in [0.25, 0.3) is 0 Å². The molecule has 15 rings (SSSR count). The molecule has 11 saturated carbocycles. The average molecular weight is 1770 g/mol. The molecule has 14 N–H and O–H groups in total. The van der Waals surface area contributed by atoms with Crippen molar-refractivity contribution >= 4 is 52.0 Å². The fraction of sp³-hybridized carbons (Fsp3) is 0.793. The molecule has 0 heterocycles. The van der Waals surface area contributed by atoms with Crippen molar-refractivity contribution in [3.05, 3.63) is 71.8 Å². The molecule has 0 amide bonds. The number of benzene rings is 3. The molecule has 12 aliphatic carbocycles. The Morgan fingerprint density at radius 1 is 0.391 bits per heavy atom. The third kappa shape index (κ3) is 22.5. The Morgan fingerprint density at radius 2 is 0.781 bits per heavy atom. The summed E-state index contributed by atoms with van der Waals surface area (Å²) < 4.78 is 22.8. The van der Waals surface area contributed by atoms with Crippen molar-refractivity contribution in [2.45, 2.75) is 379 Å². The van der Waals surface area contributed by atoms with E-state index in [0.717, 1.165) is 145 Å². The van der Waals surface area contributed by atoms with Crippen molar-refractivity contribution in [3.63, 3.8) is 0 Å². The number of nitrogens with two attached hydrogens (primary N) is 6. The van der Waals surface area contributed by atoms with Gasteiger partial charge in [-0.3, -0.25) is 20.1 Å². The van der Waals surface area contributed by atoms with Crippen molar-refractivity contribution in [1.82, 2.24) is 0 Å². The molecule has 3 aromatic rings. The molecule has 0 aliphatic heterocycles. The lowest BCUT2D eigenvalue weighted by Crippen LogP contribution is -2.54. The Bertz CT molecular complexity index is 4110. The van der Waals surface area contributed by atoms with Crippen LogP contribution in [0.2, 0.25) is 0 Å². The number of esters is 3. The Labute approximate surface area is 773 Å². The van der Waals surface area contributed by atoms with E-state index in [9.17, 15) is 24.9 Å². The predicted octanol–water partition coefficient (Wildman–Crippen LogP) is 27.1. The number of hydrogen-bond donors (Lipinski definition) is 8. The quantitative estimate of drug-likeness (QED) is 0.00534. The van der Waals surface area contributed by atoms with Crippen molar-refractivity contribution < 1.29 is 53.6 Å². The summed E-state index contributed by atoms with van der Waals surface area (Å²) in [6.07, 6.45) is 50.6. The molecular formula is C111H178N6O11. The summed E-state index contributed by atoms with van der Waals surface area (Å²) in [5.41, 5.74) is 42.4. The molecule has 0 bridgehead atoms. The standard InChI is InChI=1S/C37H60N2O4.C37H58N2O4.C37H60N2O3/c2*1-23(2)7-6-8-24(3)31-11-12-32-30-10-9-26-19-25(15-17-36(26,4)33(30)16-18-37(31,32)5)34(43-41)13-14-35(40)42-29-21-27(38)20-28(39)22-29;1-24(2)8-6-9-25(3)32-12-13-33-31-11-10-27-22-30(14-16-36(27,4)34(31)15-17-37(32,33)5)41-18-7-19-42-35(40)26-20-28(38)23-29(39)21-26/h20-26,30-34,41H,6-19,38-39H2,1-5H3;9,20-25,30-34,41H,6-8,10-19,38-39H2,1-5H3;20-21,23-25,27,30-34H,6-19,22,38-39H2,1-5H3. The van der Waals surface area contributed by atoms with Gasteiger partial charge in [0.1, 0.15) is 11.5 Å². The minimum absolute atomic E-state index is 0.161. The number of anilines is 6. The van der Waals surface area contributed by atoms with Gasteiger partial charge in [-0.25, -0.2) is 14.6 Å². The molecule has 12 aliphatic rings. The summed E-state index contributed by atoms with van der Waals surface area (Å²) in [5, 5.41) is 19.8. The van der Waals surface area contributed by atoms with Gasteiger partial charge in [-0.2, -0.15) is 0 Å². The number of rotatable bonds is 33. The molecule has 28 atom stereocenters. The first-order chi connectivity index (χ1) is 60.9. The highest BCUT2D eigenvalue weighted by Crippen LogP contribution is 2.73. The van der Waals surface area contributed by atoms with Crippen molar-refractivity contribution in [2.24, 2.45) is 163 Å². The van der Waals surface area contributed by atoms with E-state index in [4.69, 9.17) is 63.1 Å². The second-order valence-corrected chi connectivity index (χ2v) is 47.8. The van der Waals surface area contributed by atoms with Crippen LogP contribution in [0.3, 0.4) is 0 Å². The summed E-state index contributed by atoms with van der Waals surface area (Å²) in [6.45, 7) is 38.7. The van der Waals surface area contributed by atoms with Crippen LogP contribution in [0.15, 0.2) is 66.2 Å². The fourth-order valence-electron chi connectivity index (χ4n) is 32.5. The third-order valence-electron chi connectivity index (χ3n) is 39.1. The maximum Gasteiger partial charge on any atom is 0.338 e. The molecule has 11 fully saturated rings. The molecule has 17 heteroatoms. The lowest BCUT2D eigenvalue weighted by atomic mass is 9.43. The fourth-order valence-corrected chi connectivity index (χ4v) is 32.5. The topological polar surface area (TPSA) is 303 Å². The van der Waals surface area contributed by atoms with Gasteiger partial charge in [0.2, 0.25) is 0 Å². The van der Waals surface area contributed by atoms with Crippen LogP contribution in [-0.2, 0) is 28.8 Å². The molecule has 0 spiro atoms. The molecule has 17 nitrogen and oxygen atoms in total. The van der Waals surface area contributed by atoms with Crippen LogP contribution in [0.1, 0.15) is 371 Å². The number of nitrogen functional groups attached to an aromatic ring is 6. The van der Waals surface area contributed by atoms with E-state index in [2.05, 4.69) is 110 Å². The van der Waals surface area contributed by atoms with Crippen molar-refractivity contribution in [1.29, 1.82) is 0 Å². The Morgan fingerprint density at radius 3 is 1.23 bits per heavy atom. The molecule has 3 aromatic carbocycles. The largest absolute Gasteiger partial charge is 0.462 e. The number of fused-ring (bicyclic) bond motifs is 15. The van der Waals surface area contributed by atoms with Crippen LogP contribution < -0.4 is 43.9 Å². The molecule has 0 saturated heterocycles. The first kappa shape index (κ1) is 99.9. The predicted molar refractivity (Wildman–Crippen MR) is 521 cm³/mol. The van der Waals surface area contributed by atoms with E-state index in [0.29, 0.717) is 123 Å². The highest BCUT2D eigenvalue weighted by atomic mass is 17.1. The molecular weight excluding hydrogens is 1590 g/mol. The van der Waals surface area contributed by atoms with E-state index in [-0.39, 0.29) is 60.2 Å². The zero-order chi connectivity index (χ0) is 92.0. The highest BCUT2D eigenvalue weighted by molar-refractivity contribution is 5.91. The summed E-state index contributed by atoms with van der Waals surface area (Å²) in [4.78, 5) is 47.6. The van der Waals surface area contributed by atoms with Gasteiger partial charge in [-0.15, -0.1) is 0 Å². The number of carbonyl (C=O) groups is 3. The first-order valence-electron chi connectivity index (χ1n) is 52.4. The van der Waals surface area contributed by atoms with Gasteiger partial charge in [0.15, 0.2) is 0 Å². The van der Waals surface area contributed by atoms with E-state index < -0.39 is 0 Å². The zero-order valence-corrected chi connectivity index (χ0v) is 82.4. The van der Waals surface area contributed by atoms with Gasteiger partial charge in [-0.05, 0) is 373 Å². The molecule has 0 radical (unpaired) electrons. The van der Waals surface area contributed by atoms with Gasteiger partial charge < -0.3 is 53.3 Å². The number of ether oxygens (including phenoxy) is 4. The maximum atomic E-state index is 12.6. The average Bonchev–Trinajstić information content (AvgIpc) is 1.50. The van der Waals surface area contributed by atoms with Crippen LogP contribution in [0.5, 0.6) is 11.5 Å². The van der Waals surface area contributed by atoms with E-state index >= 15 is 0 Å². The first-order valence-corrected chi connectivity index (χ1v) is 52.4. The molecule has 0 aromatic heterocycles. The summed E-state index contributed by atoms with van der Waals surface area (Å²) in [6, 6.07) is 14.5. The minimum atomic E-state index is -0.385. The Balaban J connectivity index is 0.000000164. The molecule has 128 heavy (non-hydrogen) atoms. The normalized spacial score (nSPS) is 36.1. The number of carbonyl (C=O) groups excluding carboxylic acids is 3. The van der Waals surface area contributed by atoms with Crippen LogP contribution in [0, 0.1) is 163 Å². The molecule has 28 unspecified atom stereocenters. The molecule has 718 valence electrons. The van der Waals surface area contributed by atoms with Crippen LogP contribution in [-0.4, -0.2) is 59.9 Å².